The van der Waals surface area contributed by atoms with E-state index in [9.17, 15) is 18.0 Å². The van der Waals surface area contributed by atoms with E-state index in [1.807, 2.05) is 6.92 Å². The molecule has 1 aromatic heterocycles. The number of thiazole rings is 1. The molecule has 26 heavy (non-hydrogen) atoms. The van der Waals surface area contributed by atoms with E-state index in [4.69, 9.17) is 4.74 Å². The maximum atomic E-state index is 12.7. The molecule has 0 N–H and O–H groups in total. The summed E-state index contributed by atoms with van der Waals surface area (Å²) in [5.41, 5.74) is 0.638. The van der Waals surface area contributed by atoms with Crippen LogP contribution in [0, 0.1) is 6.92 Å². The average Bonchev–Trinajstić information content (AvgIpc) is 3.29. The molecule has 2 heterocycles. The number of ether oxygens (including phenoxy) is 1. The van der Waals surface area contributed by atoms with Gasteiger partial charge >= 0.3 is 5.97 Å². The number of hydrogen-bond donors (Lipinski definition) is 0. The Hall–Kier alpha value is -1.48. The predicted molar refractivity (Wildman–Crippen MR) is 97.7 cm³/mol. The first-order chi connectivity index (χ1) is 12.3. The third-order valence-corrected chi connectivity index (χ3v) is 7.53. The van der Waals surface area contributed by atoms with Gasteiger partial charge in [0.1, 0.15) is 0 Å². The van der Waals surface area contributed by atoms with Crippen LogP contribution < -0.4 is 0 Å². The highest BCUT2D eigenvalue weighted by Gasteiger charge is 2.39. The number of amides is 1. The Balaban J connectivity index is 1.59. The molecule has 1 unspecified atom stereocenters. The van der Waals surface area contributed by atoms with Crippen LogP contribution in [0.5, 0.6) is 0 Å². The lowest BCUT2D eigenvalue weighted by molar-refractivity contribution is -0.153. The van der Waals surface area contributed by atoms with Gasteiger partial charge in [0.2, 0.25) is 0 Å². The molecule has 1 saturated heterocycles. The Labute approximate surface area is 157 Å². The van der Waals surface area contributed by atoms with Gasteiger partial charge in [-0.25, -0.2) is 13.4 Å². The van der Waals surface area contributed by atoms with Crippen molar-refractivity contribution in [3.8, 4) is 0 Å². The third kappa shape index (κ3) is 4.82. The average molecular weight is 401 g/mol. The number of esters is 1. The first-order valence-electron chi connectivity index (χ1n) is 8.92. The molecule has 1 atom stereocenters. The molecule has 7 nitrogen and oxygen atoms in total. The molecule has 1 saturated carbocycles. The first-order valence-corrected chi connectivity index (χ1v) is 11.6. The van der Waals surface area contributed by atoms with Gasteiger partial charge in [0, 0.05) is 17.5 Å². The summed E-state index contributed by atoms with van der Waals surface area (Å²) >= 11 is 1.46. The van der Waals surface area contributed by atoms with E-state index in [0.717, 1.165) is 30.7 Å². The fourth-order valence-electron chi connectivity index (χ4n) is 3.79. The number of aryl methyl sites for hydroxylation is 1. The Morgan fingerprint density at radius 1 is 1.27 bits per heavy atom. The van der Waals surface area contributed by atoms with Gasteiger partial charge in [0.15, 0.2) is 16.4 Å². The summed E-state index contributed by atoms with van der Waals surface area (Å²) in [5.74, 6) is -0.644. The number of aromatic nitrogens is 1. The Morgan fingerprint density at radius 2 is 2.00 bits per heavy atom. The van der Waals surface area contributed by atoms with Crippen molar-refractivity contribution in [3.63, 3.8) is 0 Å². The Morgan fingerprint density at radius 3 is 2.58 bits per heavy atom. The lowest BCUT2D eigenvalue weighted by Gasteiger charge is -2.33. The van der Waals surface area contributed by atoms with Gasteiger partial charge in [-0.05, 0) is 26.2 Å². The second kappa shape index (κ2) is 8.04. The van der Waals surface area contributed by atoms with E-state index in [1.165, 1.54) is 11.3 Å². The van der Waals surface area contributed by atoms with Crippen LogP contribution in [-0.2, 0) is 30.6 Å². The SMILES string of the molecule is Cc1nc(CC(=O)OCC(=O)N(C2CCCC2)C2CCS(=O)(=O)C2)cs1. The van der Waals surface area contributed by atoms with Gasteiger partial charge in [-0.3, -0.25) is 9.59 Å². The molecular formula is C17H24N2O5S2. The van der Waals surface area contributed by atoms with Crippen LogP contribution in [0.25, 0.3) is 0 Å². The summed E-state index contributed by atoms with van der Waals surface area (Å²) in [4.78, 5) is 30.6. The van der Waals surface area contributed by atoms with Gasteiger partial charge in [-0.2, -0.15) is 0 Å². The zero-order valence-electron chi connectivity index (χ0n) is 14.8. The second-order valence-electron chi connectivity index (χ2n) is 6.99. The molecule has 1 aromatic rings. The van der Waals surface area contributed by atoms with E-state index in [0.29, 0.717) is 12.1 Å². The van der Waals surface area contributed by atoms with Crippen molar-refractivity contribution in [2.75, 3.05) is 18.1 Å². The number of carbonyl (C=O) groups excluding carboxylic acids is 2. The fraction of sp³-hybridized carbons (Fsp3) is 0.706. The second-order valence-corrected chi connectivity index (χ2v) is 10.3. The molecule has 2 aliphatic rings. The van der Waals surface area contributed by atoms with Gasteiger partial charge in [-0.1, -0.05) is 12.8 Å². The van der Waals surface area contributed by atoms with Crippen molar-refractivity contribution in [2.24, 2.45) is 0 Å². The first kappa shape index (κ1) is 19.3. The minimum Gasteiger partial charge on any atom is -0.455 e. The number of hydrogen-bond acceptors (Lipinski definition) is 7. The van der Waals surface area contributed by atoms with Crippen LogP contribution in [-0.4, -0.2) is 60.4 Å². The van der Waals surface area contributed by atoms with Gasteiger partial charge in [-0.15, -0.1) is 11.3 Å². The van der Waals surface area contributed by atoms with Crippen molar-refractivity contribution in [3.05, 3.63) is 16.1 Å². The van der Waals surface area contributed by atoms with E-state index in [-0.39, 0.29) is 42.5 Å². The Kier molecular flexibility index (Phi) is 5.96. The molecule has 0 radical (unpaired) electrons. The molecule has 144 valence electrons. The third-order valence-electron chi connectivity index (χ3n) is 4.96. The van der Waals surface area contributed by atoms with Gasteiger partial charge < -0.3 is 9.64 Å². The number of sulfone groups is 1. The molecule has 1 amide bonds. The van der Waals surface area contributed by atoms with Crippen LogP contribution in [0.2, 0.25) is 0 Å². The van der Waals surface area contributed by atoms with Crippen LogP contribution in [0.4, 0.5) is 0 Å². The van der Waals surface area contributed by atoms with Crippen molar-refractivity contribution < 1.29 is 22.7 Å². The maximum Gasteiger partial charge on any atom is 0.312 e. The van der Waals surface area contributed by atoms with Gasteiger partial charge in [0.25, 0.3) is 5.91 Å². The van der Waals surface area contributed by atoms with Crippen LogP contribution >= 0.6 is 11.3 Å². The zero-order chi connectivity index (χ0) is 18.7. The quantitative estimate of drug-likeness (QED) is 0.672. The summed E-state index contributed by atoms with van der Waals surface area (Å²) in [6.07, 6.45) is 4.35. The highest BCUT2D eigenvalue weighted by Crippen LogP contribution is 2.29. The van der Waals surface area contributed by atoms with E-state index in [2.05, 4.69) is 4.98 Å². The fourth-order valence-corrected chi connectivity index (χ4v) is 6.11. The van der Waals surface area contributed by atoms with Gasteiger partial charge in [0.05, 0.1) is 28.6 Å². The van der Waals surface area contributed by atoms with Crippen LogP contribution in [0.1, 0.15) is 42.8 Å². The standard InChI is InChI=1S/C17H24N2O5S2/c1-12-18-13(10-25-12)8-17(21)24-9-16(20)19(14-4-2-3-5-14)15-6-7-26(22,23)11-15/h10,14-15H,2-9,11H2,1H3. The summed E-state index contributed by atoms with van der Waals surface area (Å²) in [6, 6.07) is -0.240. The van der Waals surface area contributed by atoms with E-state index >= 15 is 0 Å². The predicted octanol–water partition coefficient (Wildman–Crippen LogP) is 1.50. The van der Waals surface area contributed by atoms with Crippen LogP contribution in [0.3, 0.4) is 0 Å². The maximum absolute atomic E-state index is 12.7. The van der Waals surface area contributed by atoms with Crippen molar-refractivity contribution in [1.29, 1.82) is 0 Å². The molecule has 0 aromatic carbocycles. The Bertz CT molecular complexity index is 768. The molecule has 0 spiro atoms. The lowest BCUT2D eigenvalue weighted by Crippen LogP contribution is -2.48. The minimum absolute atomic E-state index is 0.0152. The van der Waals surface area contributed by atoms with E-state index in [1.54, 1.807) is 10.3 Å². The number of carbonyl (C=O) groups is 2. The van der Waals surface area contributed by atoms with E-state index < -0.39 is 15.8 Å². The number of rotatable bonds is 6. The summed E-state index contributed by atoms with van der Waals surface area (Å²) in [6.45, 7) is 1.52. The van der Waals surface area contributed by atoms with Crippen molar-refractivity contribution in [1.82, 2.24) is 9.88 Å². The summed E-state index contributed by atoms with van der Waals surface area (Å²) in [7, 11) is -3.08. The molecule has 0 bridgehead atoms. The highest BCUT2D eigenvalue weighted by atomic mass is 32.2. The highest BCUT2D eigenvalue weighted by molar-refractivity contribution is 7.91. The minimum atomic E-state index is -3.08. The molecule has 1 aliphatic carbocycles. The topological polar surface area (TPSA) is 93.6 Å². The van der Waals surface area contributed by atoms with Crippen LogP contribution in [0.15, 0.2) is 5.38 Å². The molecule has 1 aliphatic heterocycles. The summed E-state index contributed by atoms with van der Waals surface area (Å²) < 4.78 is 28.8. The largest absolute Gasteiger partial charge is 0.455 e. The molecule has 9 heteroatoms. The smallest absolute Gasteiger partial charge is 0.312 e. The normalized spacial score (nSPS) is 22.4. The zero-order valence-corrected chi connectivity index (χ0v) is 16.5. The lowest BCUT2D eigenvalue weighted by atomic mass is 10.1. The monoisotopic (exact) mass is 400 g/mol. The van der Waals surface area contributed by atoms with Crippen molar-refractivity contribution >= 4 is 33.1 Å². The molecule has 2 fully saturated rings. The molecule has 3 rings (SSSR count). The number of nitrogens with zero attached hydrogens (tertiary/aromatic N) is 2. The summed E-state index contributed by atoms with van der Waals surface area (Å²) in [5, 5.41) is 2.67. The molecular weight excluding hydrogens is 376 g/mol. The van der Waals surface area contributed by atoms with Crippen molar-refractivity contribution in [2.45, 2.75) is 57.5 Å².